The number of hydrogen-bond donors (Lipinski definition) is 1. The molecule has 3 rings (SSSR count). The Morgan fingerprint density at radius 2 is 1.77 bits per heavy atom. The Morgan fingerprint density at radius 1 is 1.07 bits per heavy atom. The molecule has 0 bridgehead atoms. The first-order chi connectivity index (χ1) is 14.1. The smallest absolute Gasteiger partial charge is 0.379 e. The quantitative estimate of drug-likeness (QED) is 0.663. The van der Waals surface area contributed by atoms with Crippen LogP contribution in [0.3, 0.4) is 0 Å². The van der Waals surface area contributed by atoms with Gasteiger partial charge in [0.25, 0.3) is 0 Å². The van der Waals surface area contributed by atoms with E-state index < -0.39 is 39.4 Å². The van der Waals surface area contributed by atoms with Crippen LogP contribution in [0.5, 0.6) is 0 Å². The lowest BCUT2D eigenvalue weighted by Crippen LogP contribution is -2.44. The normalized spacial score (nSPS) is 17.1. The second-order valence-electron chi connectivity index (χ2n) is 7.02. The van der Waals surface area contributed by atoms with Crippen molar-refractivity contribution in [3.63, 3.8) is 0 Å². The predicted molar refractivity (Wildman–Crippen MR) is 104 cm³/mol. The molecule has 30 heavy (non-hydrogen) atoms. The van der Waals surface area contributed by atoms with Gasteiger partial charge >= 0.3 is 6.18 Å². The molecule has 0 aromatic heterocycles. The lowest BCUT2D eigenvalue weighted by atomic mass is 10.0. The molecule has 5 nitrogen and oxygen atoms in total. The molecule has 0 radical (unpaired) electrons. The third kappa shape index (κ3) is 6.24. The summed E-state index contributed by atoms with van der Waals surface area (Å²) in [5, 5.41) is 0. The van der Waals surface area contributed by atoms with Gasteiger partial charge in [-0.1, -0.05) is 30.3 Å². The number of alkyl halides is 3. The molecule has 1 unspecified atom stereocenters. The third-order valence-corrected chi connectivity index (χ3v) is 6.15. The fraction of sp³-hybridized carbons (Fsp3) is 0.400. The maximum absolute atomic E-state index is 13.7. The fourth-order valence-corrected chi connectivity index (χ4v) is 4.51. The Labute approximate surface area is 172 Å². The summed E-state index contributed by atoms with van der Waals surface area (Å²) < 4.78 is 85.2. The van der Waals surface area contributed by atoms with Crippen molar-refractivity contribution in [1.82, 2.24) is 9.62 Å². The van der Waals surface area contributed by atoms with Gasteiger partial charge in [-0.25, -0.2) is 17.5 Å². The van der Waals surface area contributed by atoms with E-state index >= 15 is 0 Å². The zero-order valence-electron chi connectivity index (χ0n) is 16.0. The van der Waals surface area contributed by atoms with E-state index in [0.717, 1.165) is 12.1 Å². The molecule has 1 saturated heterocycles. The molecule has 1 heterocycles. The molecule has 0 saturated carbocycles. The standard InChI is InChI=1S/C20H22F4N2O3S/c21-18-6-2-4-16(12-18)19(26-7-9-29-10-8-26)13-25-30(27,28)14-15-3-1-5-17(11-15)20(22,23)24/h1-6,11-12,19,25H,7-10,13-14H2. The third-order valence-electron chi connectivity index (χ3n) is 4.83. The van der Waals surface area contributed by atoms with E-state index in [1.165, 1.54) is 24.3 Å². The van der Waals surface area contributed by atoms with Gasteiger partial charge in [0.1, 0.15) is 5.82 Å². The molecule has 2 aromatic carbocycles. The molecule has 0 aliphatic carbocycles. The van der Waals surface area contributed by atoms with Crippen LogP contribution in [-0.2, 0) is 26.7 Å². The van der Waals surface area contributed by atoms with Crippen molar-refractivity contribution in [3.8, 4) is 0 Å². The maximum atomic E-state index is 13.7. The second-order valence-corrected chi connectivity index (χ2v) is 8.83. The van der Waals surface area contributed by atoms with Gasteiger partial charge in [0.2, 0.25) is 10.0 Å². The summed E-state index contributed by atoms with van der Waals surface area (Å²) in [5.41, 5.74) is -0.258. The van der Waals surface area contributed by atoms with E-state index in [0.29, 0.717) is 31.9 Å². The lowest BCUT2D eigenvalue weighted by Gasteiger charge is -2.34. The van der Waals surface area contributed by atoms with E-state index in [1.54, 1.807) is 12.1 Å². The Morgan fingerprint density at radius 3 is 2.43 bits per heavy atom. The molecule has 0 amide bonds. The molecule has 1 aliphatic rings. The van der Waals surface area contributed by atoms with Crippen molar-refractivity contribution in [1.29, 1.82) is 0 Å². The van der Waals surface area contributed by atoms with Crippen molar-refractivity contribution >= 4 is 10.0 Å². The highest BCUT2D eigenvalue weighted by molar-refractivity contribution is 7.88. The Bertz CT molecular complexity index is 961. The highest BCUT2D eigenvalue weighted by atomic mass is 32.2. The van der Waals surface area contributed by atoms with Gasteiger partial charge in [0.05, 0.1) is 24.5 Å². The van der Waals surface area contributed by atoms with Crippen molar-refractivity contribution in [2.75, 3.05) is 32.8 Å². The molecular formula is C20H22F4N2O3S. The maximum Gasteiger partial charge on any atom is 0.416 e. The van der Waals surface area contributed by atoms with Crippen LogP contribution in [0.15, 0.2) is 48.5 Å². The average molecular weight is 446 g/mol. The average Bonchev–Trinajstić information content (AvgIpc) is 2.68. The van der Waals surface area contributed by atoms with Crippen LogP contribution < -0.4 is 4.72 Å². The van der Waals surface area contributed by atoms with E-state index in [1.807, 2.05) is 4.90 Å². The lowest BCUT2D eigenvalue weighted by molar-refractivity contribution is -0.137. The highest BCUT2D eigenvalue weighted by Crippen LogP contribution is 2.30. The molecule has 1 N–H and O–H groups in total. The van der Waals surface area contributed by atoms with Crippen molar-refractivity contribution in [2.24, 2.45) is 0 Å². The number of morpholine rings is 1. The summed E-state index contributed by atoms with van der Waals surface area (Å²) in [4.78, 5) is 1.99. The zero-order valence-corrected chi connectivity index (χ0v) is 16.8. The van der Waals surface area contributed by atoms with Crippen LogP contribution in [0.2, 0.25) is 0 Å². The van der Waals surface area contributed by atoms with Gasteiger partial charge in [-0.05, 0) is 29.3 Å². The first-order valence-corrected chi connectivity index (χ1v) is 11.0. The molecule has 0 spiro atoms. The first kappa shape index (κ1) is 22.7. The minimum absolute atomic E-state index is 0.0333. The summed E-state index contributed by atoms with van der Waals surface area (Å²) in [6, 6.07) is 9.71. The molecule has 1 fully saturated rings. The molecule has 164 valence electrons. The number of rotatable bonds is 7. The zero-order chi connectivity index (χ0) is 21.8. The van der Waals surface area contributed by atoms with Gasteiger partial charge in [0.15, 0.2) is 0 Å². The number of hydrogen-bond acceptors (Lipinski definition) is 4. The first-order valence-electron chi connectivity index (χ1n) is 9.35. The van der Waals surface area contributed by atoms with Crippen LogP contribution >= 0.6 is 0 Å². The van der Waals surface area contributed by atoms with E-state index in [-0.39, 0.29) is 12.1 Å². The summed E-state index contributed by atoms with van der Waals surface area (Å²) in [5.74, 6) is -1.02. The molecule has 2 aromatic rings. The van der Waals surface area contributed by atoms with Crippen molar-refractivity contribution in [3.05, 3.63) is 71.0 Å². The Kier molecular flexibility index (Phi) is 7.12. The summed E-state index contributed by atoms with van der Waals surface area (Å²) in [6.07, 6.45) is -4.55. The van der Waals surface area contributed by atoms with E-state index in [2.05, 4.69) is 4.72 Å². The van der Waals surface area contributed by atoms with Gasteiger partial charge in [-0.15, -0.1) is 0 Å². The monoisotopic (exact) mass is 446 g/mol. The minimum atomic E-state index is -4.55. The summed E-state index contributed by atoms with van der Waals surface area (Å²) >= 11 is 0. The van der Waals surface area contributed by atoms with Crippen LogP contribution in [0.25, 0.3) is 0 Å². The SMILES string of the molecule is O=S(=O)(Cc1cccc(C(F)(F)F)c1)NCC(c1cccc(F)c1)N1CCOCC1. The van der Waals surface area contributed by atoms with E-state index in [9.17, 15) is 26.0 Å². The van der Waals surface area contributed by atoms with Crippen LogP contribution in [0.4, 0.5) is 17.6 Å². The second kappa shape index (κ2) is 9.42. The number of benzene rings is 2. The number of ether oxygens (including phenoxy) is 1. The Hall–Kier alpha value is -2.01. The van der Waals surface area contributed by atoms with Crippen molar-refractivity contribution < 1.29 is 30.7 Å². The predicted octanol–water partition coefficient (Wildman–Crippen LogP) is 3.34. The van der Waals surface area contributed by atoms with E-state index in [4.69, 9.17) is 4.74 Å². The van der Waals surface area contributed by atoms with Gasteiger partial charge in [-0.3, -0.25) is 4.90 Å². The van der Waals surface area contributed by atoms with Crippen LogP contribution in [0, 0.1) is 5.82 Å². The van der Waals surface area contributed by atoms with Gasteiger partial charge in [0, 0.05) is 25.7 Å². The number of nitrogens with one attached hydrogen (secondary N) is 1. The summed E-state index contributed by atoms with van der Waals surface area (Å²) in [7, 11) is -3.92. The molecule has 1 atom stereocenters. The van der Waals surface area contributed by atoms with Crippen LogP contribution in [0.1, 0.15) is 22.7 Å². The number of nitrogens with zero attached hydrogens (tertiary/aromatic N) is 1. The largest absolute Gasteiger partial charge is 0.416 e. The molecular weight excluding hydrogens is 424 g/mol. The topological polar surface area (TPSA) is 58.6 Å². The number of halogens is 4. The van der Waals surface area contributed by atoms with Crippen LogP contribution in [-0.4, -0.2) is 46.2 Å². The minimum Gasteiger partial charge on any atom is -0.379 e. The van der Waals surface area contributed by atoms with Gasteiger partial charge in [-0.2, -0.15) is 13.2 Å². The highest BCUT2D eigenvalue weighted by Gasteiger charge is 2.31. The van der Waals surface area contributed by atoms with Gasteiger partial charge < -0.3 is 4.74 Å². The Balaban J connectivity index is 1.74. The fourth-order valence-electron chi connectivity index (χ4n) is 3.37. The van der Waals surface area contributed by atoms with Crippen molar-refractivity contribution in [2.45, 2.75) is 18.0 Å². The molecule has 10 heteroatoms. The number of sulfonamides is 1. The summed E-state index contributed by atoms with van der Waals surface area (Å²) in [6.45, 7) is 2.02. The molecule has 1 aliphatic heterocycles.